The van der Waals surface area contributed by atoms with Gasteiger partial charge in [-0.05, 0) is 42.0 Å². The summed E-state index contributed by atoms with van der Waals surface area (Å²) in [5.74, 6) is 0.518. The molecule has 0 saturated carbocycles. The SMILES string of the molecule is CNc1oc(-c2ccccc2)c(O)c1-c1cc(OC)cc(C(=O)Oc2cc(Cl)cc(Cl)c2)c1. The van der Waals surface area contributed by atoms with Crippen molar-refractivity contribution >= 4 is 35.1 Å². The first-order chi connectivity index (χ1) is 15.9. The first-order valence-corrected chi connectivity index (χ1v) is 10.6. The molecule has 0 aliphatic heterocycles. The molecule has 4 aromatic rings. The number of carbonyl (C=O) groups is 1. The normalized spacial score (nSPS) is 10.7. The van der Waals surface area contributed by atoms with E-state index in [1.807, 2.05) is 30.3 Å². The molecule has 0 atom stereocenters. The molecule has 2 N–H and O–H groups in total. The first kappa shape index (κ1) is 22.6. The predicted molar refractivity (Wildman–Crippen MR) is 129 cm³/mol. The van der Waals surface area contributed by atoms with Gasteiger partial charge in [-0.3, -0.25) is 0 Å². The average Bonchev–Trinajstić information content (AvgIpc) is 3.14. The van der Waals surface area contributed by atoms with Crippen molar-refractivity contribution in [2.45, 2.75) is 0 Å². The van der Waals surface area contributed by atoms with Gasteiger partial charge in [0.1, 0.15) is 11.5 Å². The smallest absolute Gasteiger partial charge is 0.343 e. The van der Waals surface area contributed by atoms with E-state index in [9.17, 15) is 9.90 Å². The van der Waals surface area contributed by atoms with E-state index in [1.165, 1.54) is 31.4 Å². The molecule has 3 aromatic carbocycles. The third kappa shape index (κ3) is 4.77. The van der Waals surface area contributed by atoms with Crippen LogP contribution in [0.25, 0.3) is 22.5 Å². The minimum Gasteiger partial charge on any atom is -0.504 e. The van der Waals surface area contributed by atoms with Gasteiger partial charge in [0.15, 0.2) is 11.5 Å². The molecule has 4 rings (SSSR count). The topological polar surface area (TPSA) is 80.9 Å². The van der Waals surface area contributed by atoms with Gasteiger partial charge < -0.3 is 24.3 Å². The van der Waals surface area contributed by atoms with Crippen molar-refractivity contribution in [2.24, 2.45) is 0 Å². The van der Waals surface area contributed by atoms with Gasteiger partial charge in [0, 0.05) is 22.7 Å². The van der Waals surface area contributed by atoms with E-state index in [-0.39, 0.29) is 17.1 Å². The number of halogens is 2. The monoisotopic (exact) mass is 483 g/mol. The van der Waals surface area contributed by atoms with Crippen LogP contribution in [0.2, 0.25) is 10.0 Å². The predicted octanol–water partition coefficient (Wildman–Crippen LogP) is 6.90. The van der Waals surface area contributed by atoms with E-state index in [0.717, 1.165) is 0 Å². The quantitative estimate of drug-likeness (QED) is 0.229. The summed E-state index contributed by atoms with van der Waals surface area (Å²) in [6.45, 7) is 0. The van der Waals surface area contributed by atoms with E-state index >= 15 is 0 Å². The number of furan rings is 1. The van der Waals surface area contributed by atoms with Crippen LogP contribution in [0, 0.1) is 0 Å². The number of carbonyl (C=O) groups excluding carboxylic acids is 1. The van der Waals surface area contributed by atoms with Crippen LogP contribution in [-0.4, -0.2) is 25.2 Å². The standard InChI is InChI=1S/C25H19Cl2NO5/c1-28-24-21(22(29)23(33-24)14-6-4-3-5-7-14)15-8-16(10-19(9-15)31-2)25(30)32-20-12-17(26)11-18(27)13-20/h3-13,28-29H,1-2H3. The second kappa shape index (κ2) is 9.48. The van der Waals surface area contributed by atoms with E-state index in [1.54, 1.807) is 19.2 Å². The van der Waals surface area contributed by atoms with Gasteiger partial charge in [-0.15, -0.1) is 0 Å². The summed E-state index contributed by atoms with van der Waals surface area (Å²) in [5, 5.41) is 14.6. The molecule has 0 radical (unpaired) electrons. The second-order valence-electron chi connectivity index (χ2n) is 7.04. The summed E-state index contributed by atoms with van der Waals surface area (Å²) in [7, 11) is 3.16. The van der Waals surface area contributed by atoms with Crippen LogP contribution < -0.4 is 14.8 Å². The van der Waals surface area contributed by atoms with Crippen molar-refractivity contribution in [3.63, 3.8) is 0 Å². The average molecular weight is 484 g/mol. The van der Waals surface area contributed by atoms with Gasteiger partial charge in [-0.25, -0.2) is 4.79 Å². The molecule has 0 spiro atoms. The second-order valence-corrected chi connectivity index (χ2v) is 7.92. The molecular weight excluding hydrogens is 465 g/mol. The number of nitrogens with one attached hydrogen (secondary N) is 1. The molecular formula is C25H19Cl2NO5. The lowest BCUT2D eigenvalue weighted by Crippen LogP contribution is -2.09. The highest BCUT2D eigenvalue weighted by molar-refractivity contribution is 6.34. The lowest BCUT2D eigenvalue weighted by atomic mass is 10.0. The lowest BCUT2D eigenvalue weighted by molar-refractivity contribution is 0.0734. The van der Waals surface area contributed by atoms with Crippen molar-refractivity contribution in [2.75, 3.05) is 19.5 Å². The molecule has 1 aromatic heterocycles. The summed E-state index contributed by atoms with van der Waals surface area (Å²) in [6, 6.07) is 18.5. The molecule has 0 aliphatic rings. The van der Waals surface area contributed by atoms with Gasteiger partial charge in [0.05, 0.1) is 18.2 Å². The molecule has 0 bridgehead atoms. The van der Waals surface area contributed by atoms with E-state index in [2.05, 4.69) is 5.32 Å². The third-order valence-corrected chi connectivity index (χ3v) is 5.30. The Hall–Kier alpha value is -3.61. The molecule has 0 unspecified atom stereocenters. The van der Waals surface area contributed by atoms with Crippen LogP contribution in [0.3, 0.4) is 0 Å². The molecule has 0 amide bonds. The highest BCUT2D eigenvalue weighted by Crippen LogP contribution is 2.47. The largest absolute Gasteiger partial charge is 0.504 e. The van der Waals surface area contributed by atoms with Crippen LogP contribution >= 0.6 is 23.2 Å². The molecule has 8 heteroatoms. The molecule has 0 fully saturated rings. The fourth-order valence-corrected chi connectivity index (χ4v) is 3.89. The van der Waals surface area contributed by atoms with E-state index in [4.69, 9.17) is 37.1 Å². The Labute approximate surface area is 200 Å². The maximum Gasteiger partial charge on any atom is 0.343 e. The summed E-state index contributed by atoms with van der Waals surface area (Å²) in [4.78, 5) is 12.9. The fraction of sp³-hybridized carbons (Fsp3) is 0.0800. The number of rotatable bonds is 6. The van der Waals surface area contributed by atoms with Gasteiger partial charge in [-0.1, -0.05) is 53.5 Å². The molecule has 1 heterocycles. The van der Waals surface area contributed by atoms with Crippen molar-refractivity contribution in [3.05, 3.63) is 82.3 Å². The van der Waals surface area contributed by atoms with E-state index in [0.29, 0.717) is 44.1 Å². The van der Waals surface area contributed by atoms with Crippen LogP contribution in [0.4, 0.5) is 5.88 Å². The number of methoxy groups -OCH3 is 1. The zero-order chi connectivity index (χ0) is 23.5. The van der Waals surface area contributed by atoms with Gasteiger partial charge in [0.2, 0.25) is 5.88 Å². The summed E-state index contributed by atoms with van der Waals surface area (Å²) >= 11 is 12.0. The first-order valence-electron chi connectivity index (χ1n) is 9.86. The van der Waals surface area contributed by atoms with Crippen molar-refractivity contribution in [3.8, 4) is 39.7 Å². The number of esters is 1. The molecule has 0 saturated heterocycles. The van der Waals surface area contributed by atoms with Crippen LogP contribution in [0.5, 0.6) is 17.2 Å². The van der Waals surface area contributed by atoms with Gasteiger partial charge in [-0.2, -0.15) is 0 Å². The Morgan fingerprint density at radius 2 is 1.64 bits per heavy atom. The molecule has 168 valence electrons. The van der Waals surface area contributed by atoms with Crippen LogP contribution in [-0.2, 0) is 0 Å². The maximum atomic E-state index is 12.9. The third-order valence-electron chi connectivity index (χ3n) is 4.86. The molecule has 6 nitrogen and oxygen atoms in total. The van der Waals surface area contributed by atoms with Gasteiger partial charge in [0.25, 0.3) is 0 Å². The zero-order valence-electron chi connectivity index (χ0n) is 17.7. The number of anilines is 1. The minimum atomic E-state index is -0.647. The summed E-state index contributed by atoms with van der Waals surface area (Å²) in [5.41, 5.74) is 1.79. The Morgan fingerprint density at radius 1 is 0.939 bits per heavy atom. The highest BCUT2D eigenvalue weighted by Gasteiger charge is 2.24. The molecule has 0 aliphatic carbocycles. The van der Waals surface area contributed by atoms with E-state index < -0.39 is 5.97 Å². The number of ether oxygens (including phenoxy) is 2. The zero-order valence-corrected chi connectivity index (χ0v) is 19.2. The summed E-state index contributed by atoms with van der Waals surface area (Å²) < 4.78 is 16.7. The Kier molecular flexibility index (Phi) is 6.49. The van der Waals surface area contributed by atoms with Crippen molar-refractivity contribution in [1.29, 1.82) is 0 Å². The maximum absolute atomic E-state index is 12.9. The lowest BCUT2D eigenvalue weighted by Gasteiger charge is -2.10. The number of hydrogen-bond acceptors (Lipinski definition) is 6. The molecule has 33 heavy (non-hydrogen) atoms. The van der Waals surface area contributed by atoms with Crippen LogP contribution in [0.15, 0.2) is 71.1 Å². The fourth-order valence-electron chi connectivity index (χ4n) is 3.38. The Bertz CT molecular complexity index is 1300. The van der Waals surface area contributed by atoms with Crippen molar-refractivity contribution in [1.82, 2.24) is 0 Å². The highest BCUT2D eigenvalue weighted by atomic mass is 35.5. The van der Waals surface area contributed by atoms with Gasteiger partial charge >= 0.3 is 5.97 Å². The number of hydrogen-bond donors (Lipinski definition) is 2. The van der Waals surface area contributed by atoms with Crippen molar-refractivity contribution < 1.29 is 23.8 Å². The Balaban J connectivity index is 1.77. The Morgan fingerprint density at radius 3 is 2.27 bits per heavy atom. The number of benzene rings is 3. The minimum absolute atomic E-state index is 0.0697. The number of aromatic hydroxyl groups is 1. The summed E-state index contributed by atoms with van der Waals surface area (Å²) in [6.07, 6.45) is 0. The van der Waals surface area contributed by atoms with Crippen LogP contribution in [0.1, 0.15) is 10.4 Å².